The van der Waals surface area contributed by atoms with E-state index in [1.54, 1.807) is 36.4 Å². The lowest BCUT2D eigenvalue weighted by atomic mass is 10.0. The van der Waals surface area contributed by atoms with E-state index in [4.69, 9.17) is 0 Å². The summed E-state index contributed by atoms with van der Waals surface area (Å²) in [6.45, 7) is 0. The van der Waals surface area contributed by atoms with Gasteiger partial charge in [-0.1, -0.05) is 60.7 Å². The van der Waals surface area contributed by atoms with Crippen LogP contribution in [0.1, 0.15) is 0 Å². The van der Waals surface area contributed by atoms with E-state index in [-0.39, 0.29) is 0 Å². The molecule has 210 valence electrons. The largest absolute Gasteiger partial charge is 0.311 e. The number of rotatable bonds is 9. The number of aliphatic imine (C=N–C) groups is 2. The molecule has 6 nitrogen and oxygen atoms in total. The van der Waals surface area contributed by atoms with Crippen LogP contribution in [0.5, 0.6) is 0 Å². The number of carbonyl (C=O) groups excluding carboxylic acids is 2. The van der Waals surface area contributed by atoms with Crippen LogP contribution in [0.3, 0.4) is 0 Å². The van der Waals surface area contributed by atoms with Gasteiger partial charge in [-0.15, -0.1) is 0 Å². The zero-order valence-corrected chi connectivity index (χ0v) is 23.6. The third-order valence-electron chi connectivity index (χ3n) is 7.18. The second-order valence-corrected chi connectivity index (χ2v) is 9.87. The van der Waals surface area contributed by atoms with E-state index in [1.807, 2.05) is 60.7 Å². The summed E-state index contributed by atoms with van der Waals surface area (Å²) in [5.74, 6) is 0. The van der Waals surface area contributed by atoms with Crippen LogP contribution >= 0.6 is 0 Å². The van der Waals surface area contributed by atoms with Crippen molar-refractivity contribution in [3.05, 3.63) is 158 Å². The summed E-state index contributed by atoms with van der Waals surface area (Å²) in [4.78, 5) is 33.1. The topological polar surface area (TPSA) is 65.3 Å². The van der Waals surface area contributed by atoms with Gasteiger partial charge in [-0.05, 0) is 108 Å². The average Bonchev–Trinajstić information content (AvgIpc) is 3.09. The molecule has 0 heterocycles. The van der Waals surface area contributed by atoms with Gasteiger partial charge in [0.1, 0.15) is 0 Å². The van der Waals surface area contributed by atoms with Gasteiger partial charge in [-0.2, -0.15) is 9.98 Å². The Morgan fingerprint density at radius 1 is 0.341 bits per heavy atom. The van der Waals surface area contributed by atoms with Gasteiger partial charge in [0.05, 0.1) is 11.4 Å². The Morgan fingerprint density at radius 3 is 0.909 bits per heavy atom. The van der Waals surface area contributed by atoms with Crippen molar-refractivity contribution in [2.75, 3.05) is 9.80 Å². The highest BCUT2D eigenvalue weighted by atomic mass is 16.1. The maximum Gasteiger partial charge on any atom is 0.240 e. The summed E-state index contributed by atoms with van der Waals surface area (Å²) in [7, 11) is 0. The molecule has 0 aliphatic heterocycles. The third-order valence-corrected chi connectivity index (χ3v) is 7.18. The molecule has 0 N–H and O–H groups in total. The zero-order chi connectivity index (χ0) is 30.1. The molecular formula is C38H26N4O2. The molecule has 0 saturated heterocycles. The monoisotopic (exact) mass is 570 g/mol. The fraction of sp³-hybridized carbons (Fsp3) is 0. The normalized spacial score (nSPS) is 10.3. The number of para-hydroxylation sites is 2. The molecule has 44 heavy (non-hydrogen) atoms. The Kier molecular flexibility index (Phi) is 8.29. The second-order valence-electron chi connectivity index (χ2n) is 9.87. The number of hydrogen-bond acceptors (Lipinski definition) is 6. The predicted molar refractivity (Wildman–Crippen MR) is 177 cm³/mol. The number of nitrogens with zero attached hydrogens (tertiary/aromatic N) is 4. The molecular weight excluding hydrogens is 544 g/mol. The van der Waals surface area contributed by atoms with E-state index in [0.29, 0.717) is 11.4 Å². The van der Waals surface area contributed by atoms with Gasteiger partial charge in [-0.3, -0.25) is 0 Å². The molecule has 0 fully saturated rings. The van der Waals surface area contributed by atoms with E-state index in [0.717, 1.165) is 45.3 Å². The summed E-state index contributed by atoms with van der Waals surface area (Å²) in [6.07, 6.45) is 3.19. The molecule has 0 aromatic heterocycles. The van der Waals surface area contributed by atoms with Gasteiger partial charge in [0, 0.05) is 34.1 Å². The lowest BCUT2D eigenvalue weighted by Gasteiger charge is -2.26. The van der Waals surface area contributed by atoms with Crippen LogP contribution in [0.15, 0.2) is 168 Å². The van der Waals surface area contributed by atoms with Crippen LogP contribution in [0.2, 0.25) is 0 Å². The van der Waals surface area contributed by atoms with E-state index in [9.17, 15) is 9.59 Å². The Hall–Kier alpha value is -6.32. The minimum atomic E-state index is 0.561. The quantitative estimate of drug-likeness (QED) is 0.128. The first kappa shape index (κ1) is 27.8. The van der Waals surface area contributed by atoms with Crippen molar-refractivity contribution in [1.29, 1.82) is 0 Å². The van der Waals surface area contributed by atoms with Crippen LogP contribution in [0.25, 0.3) is 11.1 Å². The van der Waals surface area contributed by atoms with Gasteiger partial charge in [-0.25, -0.2) is 9.59 Å². The van der Waals surface area contributed by atoms with E-state index in [1.165, 1.54) is 0 Å². The SMILES string of the molecule is O=C=Nc1ccc(N(c2ccccc2)c2ccc(-c3ccc(N(c4ccccc4)c4ccc(N=C=O)cc4)cc3)cc2)cc1. The van der Waals surface area contributed by atoms with Crippen molar-refractivity contribution >= 4 is 57.7 Å². The molecule has 0 radical (unpaired) electrons. The molecule has 0 spiro atoms. The fourth-order valence-corrected chi connectivity index (χ4v) is 5.11. The molecule has 0 saturated carbocycles. The van der Waals surface area contributed by atoms with E-state index < -0.39 is 0 Å². The first-order valence-electron chi connectivity index (χ1n) is 14.0. The predicted octanol–water partition coefficient (Wildman–Crippen LogP) is 10.2. The lowest BCUT2D eigenvalue weighted by Crippen LogP contribution is -2.09. The van der Waals surface area contributed by atoms with Crippen LogP contribution in [0, 0.1) is 0 Å². The van der Waals surface area contributed by atoms with Crippen molar-refractivity contribution in [3.8, 4) is 11.1 Å². The zero-order valence-electron chi connectivity index (χ0n) is 23.6. The number of isocyanates is 2. The maximum absolute atomic E-state index is 10.7. The number of hydrogen-bond donors (Lipinski definition) is 0. The summed E-state index contributed by atoms with van der Waals surface area (Å²) in [5, 5.41) is 0. The van der Waals surface area contributed by atoms with Crippen LogP contribution in [-0.2, 0) is 9.59 Å². The summed E-state index contributed by atoms with van der Waals surface area (Å²) >= 11 is 0. The molecule has 0 amide bonds. The molecule has 0 bridgehead atoms. The molecule has 6 aromatic carbocycles. The highest BCUT2D eigenvalue weighted by Gasteiger charge is 2.14. The lowest BCUT2D eigenvalue weighted by molar-refractivity contribution is 0.564. The highest BCUT2D eigenvalue weighted by Crippen LogP contribution is 2.38. The fourth-order valence-electron chi connectivity index (χ4n) is 5.11. The summed E-state index contributed by atoms with van der Waals surface area (Å²) in [6, 6.07) is 52.1. The average molecular weight is 571 g/mol. The van der Waals surface area contributed by atoms with Crippen molar-refractivity contribution in [2.45, 2.75) is 0 Å². The Labute approximate surface area is 255 Å². The van der Waals surface area contributed by atoms with Crippen molar-refractivity contribution in [2.24, 2.45) is 9.98 Å². The molecule has 6 aromatic rings. The molecule has 6 rings (SSSR count). The standard InChI is InChI=1S/C38H26N4O2/c43-27-39-31-15-23-37(24-16-31)41(33-7-3-1-4-8-33)35-19-11-29(12-20-35)30-13-21-36(22-14-30)42(34-9-5-2-6-10-34)38-25-17-32(18-26-38)40-28-44/h1-26H. The summed E-state index contributed by atoms with van der Waals surface area (Å²) < 4.78 is 0. The van der Waals surface area contributed by atoms with Gasteiger partial charge in [0.2, 0.25) is 12.2 Å². The first-order valence-corrected chi connectivity index (χ1v) is 14.0. The van der Waals surface area contributed by atoms with Crippen molar-refractivity contribution in [3.63, 3.8) is 0 Å². The second kappa shape index (κ2) is 13.1. The van der Waals surface area contributed by atoms with Gasteiger partial charge >= 0.3 is 0 Å². The minimum Gasteiger partial charge on any atom is -0.311 e. The number of anilines is 6. The highest BCUT2D eigenvalue weighted by molar-refractivity contribution is 5.81. The van der Waals surface area contributed by atoms with Gasteiger partial charge < -0.3 is 9.80 Å². The summed E-state index contributed by atoms with van der Waals surface area (Å²) in [5.41, 5.74) is 9.23. The Morgan fingerprint density at radius 2 is 0.614 bits per heavy atom. The molecule has 0 unspecified atom stereocenters. The first-order chi connectivity index (χ1) is 21.7. The van der Waals surface area contributed by atoms with E-state index >= 15 is 0 Å². The third kappa shape index (κ3) is 6.13. The van der Waals surface area contributed by atoms with Crippen LogP contribution < -0.4 is 9.80 Å². The Balaban J connectivity index is 1.30. The minimum absolute atomic E-state index is 0.561. The van der Waals surface area contributed by atoms with Crippen molar-refractivity contribution in [1.82, 2.24) is 0 Å². The van der Waals surface area contributed by atoms with Crippen LogP contribution in [0.4, 0.5) is 45.5 Å². The molecule has 0 aliphatic carbocycles. The van der Waals surface area contributed by atoms with Gasteiger partial charge in [0.15, 0.2) is 0 Å². The van der Waals surface area contributed by atoms with Gasteiger partial charge in [0.25, 0.3) is 0 Å². The molecule has 6 heteroatoms. The van der Waals surface area contributed by atoms with E-state index in [2.05, 4.69) is 92.6 Å². The van der Waals surface area contributed by atoms with Crippen molar-refractivity contribution < 1.29 is 9.59 Å². The molecule has 0 atom stereocenters. The Bertz CT molecular complexity index is 1780. The molecule has 0 aliphatic rings. The van der Waals surface area contributed by atoms with Crippen LogP contribution in [-0.4, -0.2) is 12.2 Å². The maximum atomic E-state index is 10.7. The smallest absolute Gasteiger partial charge is 0.240 e. The number of benzene rings is 6.